The van der Waals surface area contributed by atoms with Crippen molar-refractivity contribution in [2.75, 3.05) is 7.11 Å². The van der Waals surface area contributed by atoms with Crippen molar-refractivity contribution in [1.82, 2.24) is 9.55 Å². The van der Waals surface area contributed by atoms with Gasteiger partial charge in [-0.05, 0) is 47.2 Å². The van der Waals surface area contributed by atoms with Gasteiger partial charge in [-0.15, -0.1) is 0 Å². The molecule has 0 radical (unpaired) electrons. The van der Waals surface area contributed by atoms with Crippen LogP contribution >= 0.6 is 38.5 Å². The van der Waals surface area contributed by atoms with Gasteiger partial charge in [0.1, 0.15) is 5.82 Å². The summed E-state index contributed by atoms with van der Waals surface area (Å²) in [6, 6.07) is 5.15. The van der Waals surface area contributed by atoms with Crippen LogP contribution in [0.25, 0.3) is 0 Å². The van der Waals surface area contributed by atoms with Crippen LogP contribution in [0.5, 0.6) is 0 Å². The van der Waals surface area contributed by atoms with E-state index in [1.165, 1.54) is 7.11 Å². The Kier molecular flexibility index (Phi) is 5.15. The summed E-state index contributed by atoms with van der Waals surface area (Å²) in [4.78, 5) is 27.8. The molecule has 1 aromatic heterocycles. The van der Waals surface area contributed by atoms with Crippen molar-refractivity contribution in [3.8, 4) is 0 Å². The van der Waals surface area contributed by atoms with Crippen molar-refractivity contribution in [2.45, 2.75) is 13.5 Å². The molecular formula is C14H12BrIN2O3. The van der Waals surface area contributed by atoms with Crippen LogP contribution in [0.3, 0.4) is 0 Å². The summed E-state index contributed by atoms with van der Waals surface area (Å²) < 4.78 is 7.59. The summed E-state index contributed by atoms with van der Waals surface area (Å²) in [5.74, 6) is 0.246. The number of ether oxygens (including phenoxy) is 1. The van der Waals surface area contributed by atoms with E-state index in [1.807, 2.05) is 22.6 Å². The van der Waals surface area contributed by atoms with Gasteiger partial charge in [0.05, 0.1) is 22.8 Å². The Labute approximate surface area is 143 Å². The first-order chi connectivity index (χ1) is 9.93. The molecule has 110 valence electrons. The van der Waals surface area contributed by atoms with E-state index in [4.69, 9.17) is 0 Å². The highest BCUT2D eigenvalue weighted by Crippen LogP contribution is 2.20. The third-order valence-corrected chi connectivity index (χ3v) is 4.49. The highest BCUT2D eigenvalue weighted by Gasteiger charge is 2.11. The van der Waals surface area contributed by atoms with E-state index < -0.39 is 5.97 Å². The maximum Gasteiger partial charge on any atom is 0.337 e. The standard InChI is InChI=1S/C14H12BrIN2O3/c1-8-17-6-12(16)13(19)18(8)7-10-4-3-9(5-11(10)15)14(20)21-2/h3-6H,7H2,1-2H3. The number of aromatic nitrogens is 2. The fourth-order valence-electron chi connectivity index (χ4n) is 1.83. The van der Waals surface area contributed by atoms with E-state index in [1.54, 1.807) is 35.9 Å². The molecular weight excluding hydrogens is 451 g/mol. The molecule has 0 amide bonds. The van der Waals surface area contributed by atoms with E-state index in [0.717, 1.165) is 10.0 Å². The van der Waals surface area contributed by atoms with Gasteiger partial charge in [-0.2, -0.15) is 0 Å². The molecule has 0 aliphatic heterocycles. The monoisotopic (exact) mass is 462 g/mol. The first-order valence-electron chi connectivity index (χ1n) is 6.02. The second kappa shape index (κ2) is 6.69. The lowest BCUT2D eigenvalue weighted by Crippen LogP contribution is -2.26. The van der Waals surface area contributed by atoms with Crippen LogP contribution in [-0.4, -0.2) is 22.6 Å². The molecule has 7 heteroatoms. The summed E-state index contributed by atoms with van der Waals surface area (Å²) in [5.41, 5.74) is 1.27. The van der Waals surface area contributed by atoms with E-state index in [0.29, 0.717) is 21.5 Å². The minimum absolute atomic E-state index is 0.0768. The Balaban J connectivity index is 2.40. The van der Waals surface area contributed by atoms with E-state index >= 15 is 0 Å². The Morgan fingerprint density at radius 2 is 2.19 bits per heavy atom. The lowest BCUT2D eigenvalue weighted by molar-refractivity contribution is 0.0600. The van der Waals surface area contributed by atoms with Crippen molar-refractivity contribution in [3.63, 3.8) is 0 Å². The Hall–Kier alpha value is -1.22. The SMILES string of the molecule is COC(=O)c1ccc(Cn2c(C)ncc(I)c2=O)c(Br)c1. The minimum Gasteiger partial charge on any atom is -0.465 e. The Bertz CT molecular complexity index is 758. The lowest BCUT2D eigenvalue weighted by Gasteiger charge is -2.11. The largest absolute Gasteiger partial charge is 0.465 e. The predicted molar refractivity (Wildman–Crippen MR) is 90.5 cm³/mol. The molecule has 1 aromatic carbocycles. The van der Waals surface area contributed by atoms with Crippen LogP contribution in [0.2, 0.25) is 0 Å². The molecule has 0 unspecified atom stereocenters. The van der Waals surface area contributed by atoms with E-state index in [-0.39, 0.29) is 5.56 Å². The average Bonchev–Trinajstić information content (AvgIpc) is 2.48. The summed E-state index contributed by atoms with van der Waals surface area (Å²) in [5, 5.41) is 0. The highest BCUT2D eigenvalue weighted by molar-refractivity contribution is 14.1. The van der Waals surface area contributed by atoms with Crippen molar-refractivity contribution in [3.05, 3.63) is 59.7 Å². The Morgan fingerprint density at radius 1 is 1.48 bits per heavy atom. The summed E-state index contributed by atoms with van der Waals surface area (Å²) >= 11 is 5.39. The van der Waals surface area contributed by atoms with Crippen LogP contribution in [0.15, 0.2) is 33.7 Å². The molecule has 0 bridgehead atoms. The number of nitrogens with zero attached hydrogens (tertiary/aromatic N) is 2. The number of carbonyl (C=O) groups is 1. The number of aryl methyl sites for hydroxylation is 1. The normalized spacial score (nSPS) is 10.5. The zero-order chi connectivity index (χ0) is 15.6. The molecule has 21 heavy (non-hydrogen) atoms. The van der Waals surface area contributed by atoms with Crippen molar-refractivity contribution < 1.29 is 9.53 Å². The number of esters is 1. The third kappa shape index (κ3) is 3.52. The van der Waals surface area contributed by atoms with Crippen molar-refractivity contribution in [1.29, 1.82) is 0 Å². The predicted octanol–water partition coefficient (Wildman–Crippen LogP) is 2.75. The highest BCUT2D eigenvalue weighted by atomic mass is 127. The van der Waals surface area contributed by atoms with E-state index in [9.17, 15) is 9.59 Å². The van der Waals surface area contributed by atoms with Crippen molar-refractivity contribution in [2.24, 2.45) is 0 Å². The van der Waals surface area contributed by atoms with Gasteiger partial charge in [0.2, 0.25) is 0 Å². The smallest absolute Gasteiger partial charge is 0.337 e. The van der Waals surface area contributed by atoms with Crippen LogP contribution in [0.1, 0.15) is 21.7 Å². The van der Waals surface area contributed by atoms with Crippen LogP contribution in [0, 0.1) is 10.5 Å². The number of hydrogen-bond donors (Lipinski definition) is 0. The summed E-state index contributed by atoms with van der Waals surface area (Å²) in [6.07, 6.45) is 1.56. The van der Waals surface area contributed by atoms with Gasteiger partial charge in [0, 0.05) is 10.7 Å². The molecule has 0 saturated carbocycles. The molecule has 0 fully saturated rings. The zero-order valence-corrected chi connectivity index (χ0v) is 15.1. The summed E-state index contributed by atoms with van der Waals surface area (Å²) in [6.45, 7) is 2.17. The molecule has 2 rings (SSSR count). The maximum atomic E-state index is 12.2. The fraction of sp³-hybridized carbons (Fsp3) is 0.214. The number of methoxy groups -OCH3 is 1. The number of benzene rings is 1. The molecule has 0 N–H and O–H groups in total. The number of carbonyl (C=O) groups excluding carboxylic acids is 1. The molecule has 0 aliphatic rings. The maximum absolute atomic E-state index is 12.2. The molecule has 0 atom stereocenters. The summed E-state index contributed by atoms with van der Waals surface area (Å²) in [7, 11) is 1.34. The van der Waals surface area contributed by atoms with Gasteiger partial charge < -0.3 is 4.74 Å². The minimum atomic E-state index is -0.397. The average molecular weight is 463 g/mol. The molecule has 0 aliphatic carbocycles. The molecule has 0 saturated heterocycles. The number of rotatable bonds is 3. The van der Waals surface area contributed by atoms with Crippen LogP contribution < -0.4 is 5.56 Å². The van der Waals surface area contributed by atoms with Gasteiger partial charge in [0.25, 0.3) is 5.56 Å². The first-order valence-corrected chi connectivity index (χ1v) is 7.90. The quantitative estimate of drug-likeness (QED) is 0.519. The van der Waals surface area contributed by atoms with E-state index in [2.05, 4.69) is 25.7 Å². The van der Waals surface area contributed by atoms with Gasteiger partial charge in [-0.25, -0.2) is 9.78 Å². The van der Waals surface area contributed by atoms with Gasteiger partial charge in [-0.1, -0.05) is 22.0 Å². The number of halogens is 2. The fourth-order valence-corrected chi connectivity index (χ4v) is 2.76. The molecule has 0 spiro atoms. The Morgan fingerprint density at radius 3 is 2.81 bits per heavy atom. The van der Waals surface area contributed by atoms with Gasteiger partial charge in [-0.3, -0.25) is 9.36 Å². The molecule has 5 nitrogen and oxygen atoms in total. The second-order valence-electron chi connectivity index (χ2n) is 4.34. The van der Waals surface area contributed by atoms with Crippen LogP contribution in [-0.2, 0) is 11.3 Å². The zero-order valence-electron chi connectivity index (χ0n) is 11.4. The third-order valence-electron chi connectivity index (χ3n) is 3.01. The number of hydrogen-bond acceptors (Lipinski definition) is 4. The van der Waals surface area contributed by atoms with Gasteiger partial charge in [0.15, 0.2) is 0 Å². The van der Waals surface area contributed by atoms with Crippen molar-refractivity contribution >= 4 is 44.5 Å². The topological polar surface area (TPSA) is 61.2 Å². The first kappa shape index (κ1) is 16.2. The van der Waals surface area contributed by atoms with Crippen LogP contribution in [0.4, 0.5) is 0 Å². The lowest BCUT2D eigenvalue weighted by atomic mass is 10.1. The second-order valence-corrected chi connectivity index (χ2v) is 6.36. The molecule has 1 heterocycles. The molecule has 2 aromatic rings. The van der Waals surface area contributed by atoms with Gasteiger partial charge >= 0.3 is 5.97 Å².